The van der Waals surface area contributed by atoms with Gasteiger partial charge in [-0.05, 0) is 56.0 Å². The Morgan fingerprint density at radius 2 is 2.09 bits per heavy atom. The molecule has 4 rings (SSSR count). The first kappa shape index (κ1) is 24.0. The van der Waals surface area contributed by atoms with E-state index in [4.69, 9.17) is 9.47 Å². The Hall–Kier alpha value is -3.11. The van der Waals surface area contributed by atoms with E-state index in [1.165, 1.54) is 10.4 Å². The first-order valence-electron chi connectivity index (χ1n) is 11.2. The van der Waals surface area contributed by atoms with Gasteiger partial charge in [0.15, 0.2) is 6.10 Å². The molecule has 0 spiro atoms. The van der Waals surface area contributed by atoms with Crippen molar-refractivity contribution in [3.8, 4) is 11.5 Å². The molecule has 0 aromatic heterocycles. The van der Waals surface area contributed by atoms with Crippen molar-refractivity contribution in [3.63, 3.8) is 0 Å². The van der Waals surface area contributed by atoms with Crippen LogP contribution in [0.15, 0.2) is 41.3 Å². The summed E-state index contributed by atoms with van der Waals surface area (Å²) in [6.45, 7) is 4.07. The van der Waals surface area contributed by atoms with Crippen molar-refractivity contribution in [3.05, 3.63) is 47.5 Å². The number of methoxy groups -OCH3 is 1. The number of carbonyl (C=O) groups excluding carboxylic acids is 2. The van der Waals surface area contributed by atoms with Gasteiger partial charge >= 0.3 is 0 Å². The normalized spacial score (nSPS) is 20.6. The highest BCUT2D eigenvalue weighted by atomic mass is 32.2. The predicted octanol–water partition coefficient (Wildman–Crippen LogP) is 2.44. The number of carbonyl (C=O) groups is 2. The van der Waals surface area contributed by atoms with Crippen molar-refractivity contribution >= 4 is 27.5 Å². The lowest BCUT2D eigenvalue weighted by Gasteiger charge is -2.32. The summed E-state index contributed by atoms with van der Waals surface area (Å²) in [5.41, 5.74) is 1.86. The van der Waals surface area contributed by atoms with Crippen LogP contribution in [0.2, 0.25) is 0 Å². The van der Waals surface area contributed by atoms with Crippen molar-refractivity contribution in [2.75, 3.05) is 25.5 Å². The third-order valence-electron chi connectivity index (χ3n) is 6.18. The van der Waals surface area contributed by atoms with Crippen molar-refractivity contribution in [2.24, 2.45) is 5.92 Å². The maximum Gasteiger partial charge on any atom is 0.265 e. The van der Waals surface area contributed by atoms with E-state index >= 15 is 0 Å². The summed E-state index contributed by atoms with van der Waals surface area (Å²) in [7, 11) is -2.27. The van der Waals surface area contributed by atoms with E-state index in [2.05, 4.69) is 10.6 Å². The van der Waals surface area contributed by atoms with Gasteiger partial charge in [-0.2, -0.15) is 4.31 Å². The smallest absolute Gasteiger partial charge is 0.265 e. The number of hydrogen-bond acceptors (Lipinski definition) is 6. The molecule has 2 atom stereocenters. The number of sulfonamides is 1. The van der Waals surface area contributed by atoms with Gasteiger partial charge in [-0.3, -0.25) is 9.59 Å². The Bertz CT molecular complexity index is 1210. The lowest BCUT2D eigenvalue weighted by atomic mass is 9.99. The van der Waals surface area contributed by atoms with Crippen LogP contribution in [0.4, 0.5) is 5.69 Å². The minimum Gasteiger partial charge on any atom is -0.497 e. The molecule has 9 nitrogen and oxygen atoms in total. The Labute approximate surface area is 199 Å². The van der Waals surface area contributed by atoms with Gasteiger partial charge in [-0.25, -0.2) is 8.42 Å². The van der Waals surface area contributed by atoms with Crippen LogP contribution in [0, 0.1) is 12.8 Å². The molecule has 0 bridgehead atoms. The summed E-state index contributed by atoms with van der Waals surface area (Å²) in [6, 6.07) is 10.5. The number of anilines is 1. The zero-order valence-electron chi connectivity index (χ0n) is 19.5. The van der Waals surface area contributed by atoms with E-state index in [1.807, 2.05) is 24.3 Å². The molecule has 2 heterocycles. The Kier molecular flexibility index (Phi) is 6.81. The highest BCUT2D eigenvalue weighted by molar-refractivity contribution is 7.89. The molecule has 10 heteroatoms. The van der Waals surface area contributed by atoms with Crippen LogP contribution < -0.4 is 20.1 Å². The van der Waals surface area contributed by atoms with Crippen molar-refractivity contribution in [2.45, 2.75) is 44.2 Å². The fraction of sp³-hybridized carbons (Fsp3) is 0.417. The molecule has 2 aliphatic rings. The third-order valence-corrected chi connectivity index (χ3v) is 8.19. The fourth-order valence-corrected chi connectivity index (χ4v) is 6.00. The number of ether oxygens (including phenoxy) is 2. The summed E-state index contributed by atoms with van der Waals surface area (Å²) in [6.07, 6.45) is 0.494. The monoisotopic (exact) mass is 487 g/mol. The van der Waals surface area contributed by atoms with E-state index in [0.29, 0.717) is 48.7 Å². The molecule has 2 amide bonds. The average Bonchev–Trinajstić information content (AvgIpc) is 2.83. The maximum absolute atomic E-state index is 13.5. The molecule has 2 aromatic rings. The largest absolute Gasteiger partial charge is 0.497 e. The molecule has 182 valence electrons. The molecule has 0 unspecified atom stereocenters. The quantitative estimate of drug-likeness (QED) is 0.647. The summed E-state index contributed by atoms with van der Waals surface area (Å²) >= 11 is 0. The van der Waals surface area contributed by atoms with Crippen LogP contribution in [-0.2, 0) is 26.2 Å². The van der Waals surface area contributed by atoms with Crippen LogP contribution in [-0.4, -0.2) is 50.8 Å². The Balaban J connectivity index is 1.47. The molecular weight excluding hydrogens is 458 g/mol. The summed E-state index contributed by atoms with van der Waals surface area (Å²) in [4.78, 5) is 24.8. The minimum atomic E-state index is -3.86. The summed E-state index contributed by atoms with van der Waals surface area (Å²) in [5, 5.41) is 5.65. The number of benzene rings is 2. The van der Waals surface area contributed by atoms with Crippen LogP contribution in [0.25, 0.3) is 0 Å². The molecule has 1 fully saturated rings. The highest BCUT2D eigenvalue weighted by Gasteiger charge is 2.35. The second-order valence-corrected chi connectivity index (χ2v) is 10.5. The second-order valence-electron chi connectivity index (χ2n) is 8.63. The van der Waals surface area contributed by atoms with Gasteiger partial charge in [-0.15, -0.1) is 0 Å². The topological polar surface area (TPSA) is 114 Å². The maximum atomic E-state index is 13.5. The number of amides is 2. The zero-order valence-corrected chi connectivity index (χ0v) is 20.3. The SMILES string of the molecule is COc1cccc(CNC(=O)[C@@H]2CCCN(S(=O)(=O)c3cc4c(cc3C)NC(=O)[C@@H](C)O4)C2)c1. The Morgan fingerprint density at radius 3 is 2.85 bits per heavy atom. The van der Waals surface area contributed by atoms with Gasteiger partial charge in [0, 0.05) is 25.7 Å². The van der Waals surface area contributed by atoms with Crippen molar-refractivity contribution in [1.82, 2.24) is 9.62 Å². The third kappa shape index (κ3) is 4.88. The summed E-state index contributed by atoms with van der Waals surface area (Å²) in [5.74, 6) is 0.134. The van der Waals surface area contributed by atoms with Crippen LogP contribution >= 0.6 is 0 Å². The lowest BCUT2D eigenvalue weighted by Crippen LogP contribution is -2.45. The zero-order chi connectivity index (χ0) is 24.5. The van der Waals surface area contributed by atoms with Gasteiger partial charge in [0.2, 0.25) is 15.9 Å². The molecule has 0 aliphatic carbocycles. The highest BCUT2D eigenvalue weighted by Crippen LogP contribution is 2.36. The van der Waals surface area contributed by atoms with Crippen LogP contribution in [0.3, 0.4) is 0 Å². The Morgan fingerprint density at radius 1 is 1.29 bits per heavy atom. The molecule has 34 heavy (non-hydrogen) atoms. The number of rotatable bonds is 6. The first-order chi connectivity index (χ1) is 16.2. The van der Waals surface area contributed by atoms with Gasteiger partial charge in [-0.1, -0.05) is 12.1 Å². The summed E-state index contributed by atoms with van der Waals surface area (Å²) < 4.78 is 39.2. The van der Waals surface area contributed by atoms with Crippen molar-refractivity contribution in [1.29, 1.82) is 0 Å². The van der Waals surface area contributed by atoms with E-state index in [1.54, 1.807) is 27.0 Å². The number of hydrogen-bond donors (Lipinski definition) is 2. The number of piperidine rings is 1. The molecule has 2 aromatic carbocycles. The lowest BCUT2D eigenvalue weighted by molar-refractivity contribution is -0.126. The van der Waals surface area contributed by atoms with E-state index in [-0.39, 0.29) is 23.3 Å². The van der Waals surface area contributed by atoms with E-state index in [0.717, 1.165) is 5.56 Å². The number of nitrogens with one attached hydrogen (secondary N) is 2. The molecule has 0 saturated carbocycles. The molecule has 2 N–H and O–H groups in total. The second kappa shape index (κ2) is 9.63. The van der Waals surface area contributed by atoms with E-state index in [9.17, 15) is 18.0 Å². The number of aryl methyl sites for hydroxylation is 1. The molecule has 0 radical (unpaired) electrons. The van der Waals surface area contributed by atoms with Crippen LogP contribution in [0.5, 0.6) is 11.5 Å². The molecular formula is C24H29N3O6S. The first-order valence-corrected chi connectivity index (χ1v) is 12.7. The number of nitrogens with zero attached hydrogens (tertiary/aromatic N) is 1. The fourth-order valence-electron chi connectivity index (χ4n) is 4.25. The van der Waals surface area contributed by atoms with Gasteiger partial charge < -0.3 is 20.1 Å². The van der Waals surface area contributed by atoms with Crippen molar-refractivity contribution < 1.29 is 27.5 Å². The van der Waals surface area contributed by atoms with Gasteiger partial charge in [0.1, 0.15) is 11.5 Å². The number of fused-ring (bicyclic) bond motifs is 1. The average molecular weight is 488 g/mol. The van der Waals surface area contributed by atoms with Gasteiger partial charge in [0.25, 0.3) is 5.91 Å². The van der Waals surface area contributed by atoms with Crippen LogP contribution in [0.1, 0.15) is 30.9 Å². The van der Waals surface area contributed by atoms with E-state index < -0.39 is 22.0 Å². The predicted molar refractivity (Wildman–Crippen MR) is 126 cm³/mol. The molecule has 1 saturated heterocycles. The van der Waals surface area contributed by atoms with Gasteiger partial charge in [0.05, 0.1) is 23.6 Å². The standard InChI is InChI=1S/C24H29N3O6S/c1-15-10-20-21(33-16(2)23(28)26-20)12-22(15)34(30,31)27-9-5-7-18(14-27)24(29)25-13-17-6-4-8-19(11-17)32-3/h4,6,8,10-12,16,18H,5,7,9,13-14H2,1-3H3,(H,25,29)(H,26,28)/t16-,18-/m1/s1. The molecule has 2 aliphatic heterocycles. The minimum absolute atomic E-state index is 0.108.